The first kappa shape index (κ1) is 23.0. The molecule has 32 heavy (non-hydrogen) atoms. The highest BCUT2D eigenvalue weighted by atomic mass is 19.4. The smallest absolute Gasteiger partial charge is 0.390 e. The van der Waals surface area contributed by atoms with Crippen LogP contribution in [0.4, 0.5) is 13.2 Å². The molecule has 1 aromatic carbocycles. The third-order valence-corrected chi connectivity index (χ3v) is 7.29. The zero-order chi connectivity index (χ0) is 23.1. The summed E-state index contributed by atoms with van der Waals surface area (Å²) in [6, 6.07) is 5.02. The summed E-state index contributed by atoms with van der Waals surface area (Å²) in [7, 11) is 0. The number of halogens is 3. The van der Waals surface area contributed by atoms with Crippen molar-refractivity contribution in [2.45, 2.75) is 75.4 Å². The van der Waals surface area contributed by atoms with E-state index in [1.54, 1.807) is 0 Å². The highest BCUT2D eigenvalue weighted by Crippen LogP contribution is 2.38. The number of likely N-dealkylation sites (tertiary alicyclic amines) is 2. The SMILES string of the molecule is C[C@]1(O)CC[C@@H](N2CCC3C2CCN3C(=O)CNC(=O)c2cccc(C(F)(F)F)c2)CC1. The van der Waals surface area contributed by atoms with Gasteiger partial charge in [-0.2, -0.15) is 13.2 Å². The monoisotopic (exact) mass is 453 g/mol. The number of carbonyl (C=O) groups is 2. The van der Waals surface area contributed by atoms with E-state index in [-0.39, 0.29) is 24.1 Å². The molecule has 3 aliphatic rings. The lowest BCUT2D eigenvalue weighted by Gasteiger charge is -2.40. The number of carbonyl (C=O) groups excluding carboxylic acids is 2. The van der Waals surface area contributed by atoms with E-state index in [2.05, 4.69) is 10.2 Å². The number of hydrogen-bond donors (Lipinski definition) is 2. The van der Waals surface area contributed by atoms with Crippen molar-refractivity contribution < 1.29 is 27.9 Å². The first-order valence-corrected chi connectivity index (χ1v) is 11.3. The highest BCUT2D eigenvalue weighted by molar-refractivity contribution is 5.96. The summed E-state index contributed by atoms with van der Waals surface area (Å²) in [6.07, 6.45) is 0.717. The molecule has 2 aliphatic heterocycles. The van der Waals surface area contributed by atoms with Crippen molar-refractivity contribution in [1.29, 1.82) is 0 Å². The van der Waals surface area contributed by atoms with Crippen LogP contribution in [0.5, 0.6) is 0 Å². The molecule has 176 valence electrons. The van der Waals surface area contributed by atoms with Crippen LogP contribution >= 0.6 is 0 Å². The number of benzene rings is 1. The molecule has 0 aromatic heterocycles. The second-order valence-corrected chi connectivity index (χ2v) is 9.53. The lowest BCUT2D eigenvalue weighted by atomic mass is 9.83. The zero-order valence-electron chi connectivity index (χ0n) is 18.2. The molecule has 0 radical (unpaired) electrons. The van der Waals surface area contributed by atoms with Crippen LogP contribution in [0.25, 0.3) is 0 Å². The number of fused-ring (bicyclic) bond motifs is 1. The van der Waals surface area contributed by atoms with E-state index in [0.29, 0.717) is 18.6 Å². The molecule has 2 N–H and O–H groups in total. The van der Waals surface area contributed by atoms with Gasteiger partial charge < -0.3 is 15.3 Å². The fourth-order valence-electron chi connectivity index (χ4n) is 5.53. The van der Waals surface area contributed by atoms with Gasteiger partial charge in [0.2, 0.25) is 5.91 Å². The molecule has 2 amide bonds. The Bertz CT molecular complexity index is 864. The second kappa shape index (κ2) is 8.67. The third kappa shape index (κ3) is 4.78. The Morgan fingerprint density at radius 1 is 1.12 bits per heavy atom. The molecule has 3 fully saturated rings. The topological polar surface area (TPSA) is 72.9 Å². The Labute approximate surface area is 185 Å². The van der Waals surface area contributed by atoms with Crippen LogP contribution in [-0.4, -0.2) is 70.1 Å². The fraction of sp³-hybridized carbons (Fsp3) is 0.652. The molecule has 2 saturated heterocycles. The fourth-order valence-corrected chi connectivity index (χ4v) is 5.53. The number of nitrogens with one attached hydrogen (secondary N) is 1. The summed E-state index contributed by atoms with van der Waals surface area (Å²) in [5, 5.41) is 12.7. The van der Waals surface area contributed by atoms with Gasteiger partial charge in [-0.3, -0.25) is 14.5 Å². The van der Waals surface area contributed by atoms with Crippen molar-refractivity contribution >= 4 is 11.8 Å². The summed E-state index contributed by atoms with van der Waals surface area (Å²) >= 11 is 0. The van der Waals surface area contributed by atoms with Crippen LogP contribution in [0.3, 0.4) is 0 Å². The lowest BCUT2D eigenvalue weighted by molar-refractivity contribution is -0.137. The number of nitrogens with zero attached hydrogens (tertiary/aromatic N) is 2. The lowest BCUT2D eigenvalue weighted by Crippen LogP contribution is -2.47. The van der Waals surface area contributed by atoms with Crippen molar-refractivity contribution in [2.24, 2.45) is 0 Å². The highest BCUT2D eigenvalue weighted by Gasteiger charge is 2.47. The van der Waals surface area contributed by atoms with E-state index in [9.17, 15) is 27.9 Å². The minimum Gasteiger partial charge on any atom is -0.390 e. The van der Waals surface area contributed by atoms with Gasteiger partial charge in [-0.1, -0.05) is 6.07 Å². The molecule has 0 bridgehead atoms. The Kier molecular flexibility index (Phi) is 6.24. The molecule has 4 rings (SSSR count). The maximum absolute atomic E-state index is 12.9. The summed E-state index contributed by atoms with van der Waals surface area (Å²) in [5.74, 6) is -0.895. The van der Waals surface area contributed by atoms with Crippen LogP contribution in [0.1, 0.15) is 61.4 Å². The molecular formula is C23H30F3N3O3. The Hall–Kier alpha value is -2.13. The zero-order valence-corrected chi connectivity index (χ0v) is 18.2. The molecule has 1 aliphatic carbocycles. The molecule has 9 heteroatoms. The standard InChI is InChI=1S/C23H30F3N3O3/c1-22(32)9-5-17(6-10-22)28-11-7-19-18(28)8-12-29(19)20(30)14-27-21(31)15-3-2-4-16(13-15)23(24,25)26/h2-4,13,17-19,32H,5-12,14H2,1H3,(H,27,31)/t17-,18?,19?,22+. The first-order valence-electron chi connectivity index (χ1n) is 11.3. The van der Waals surface area contributed by atoms with Gasteiger partial charge in [0, 0.05) is 36.8 Å². The molecule has 1 saturated carbocycles. The number of aliphatic hydroxyl groups is 1. The number of amides is 2. The van der Waals surface area contributed by atoms with Gasteiger partial charge in [-0.25, -0.2) is 0 Å². The Morgan fingerprint density at radius 2 is 1.81 bits per heavy atom. The van der Waals surface area contributed by atoms with Gasteiger partial charge in [0.05, 0.1) is 17.7 Å². The van der Waals surface area contributed by atoms with Crippen molar-refractivity contribution in [1.82, 2.24) is 15.1 Å². The average molecular weight is 454 g/mol. The minimum atomic E-state index is -4.53. The van der Waals surface area contributed by atoms with Gasteiger partial charge in [0.15, 0.2) is 0 Å². The summed E-state index contributed by atoms with van der Waals surface area (Å²) in [5.41, 5.74) is -1.59. The van der Waals surface area contributed by atoms with E-state index in [0.717, 1.165) is 57.2 Å². The predicted molar refractivity (Wildman–Crippen MR) is 112 cm³/mol. The quantitative estimate of drug-likeness (QED) is 0.736. The summed E-state index contributed by atoms with van der Waals surface area (Å²) in [6.45, 7) is 3.20. The van der Waals surface area contributed by atoms with Crippen LogP contribution in [0.15, 0.2) is 24.3 Å². The first-order chi connectivity index (χ1) is 15.0. The molecule has 6 nitrogen and oxygen atoms in total. The Morgan fingerprint density at radius 3 is 2.50 bits per heavy atom. The van der Waals surface area contributed by atoms with Gasteiger partial charge in [-0.15, -0.1) is 0 Å². The maximum atomic E-state index is 12.9. The number of rotatable bonds is 4. The van der Waals surface area contributed by atoms with E-state index in [1.807, 2.05) is 11.8 Å². The van der Waals surface area contributed by atoms with Crippen LogP contribution in [0.2, 0.25) is 0 Å². The number of alkyl halides is 3. The van der Waals surface area contributed by atoms with Crippen LogP contribution < -0.4 is 5.32 Å². The molecule has 2 heterocycles. The number of hydrogen-bond acceptors (Lipinski definition) is 4. The van der Waals surface area contributed by atoms with Crippen LogP contribution in [-0.2, 0) is 11.0 Å². The van der Waals surface area contributed by atoms with Crippen LogP contribution in [0, 0.1) is 0 Å². The second-order valence-electron chi connectivity index (χ2n) is 9.53. The summed E-state index contributed by atoms with van der Waals surface area (Å²) < 4.78 is 38.6. The average Bonchev–Trinajstić information content (AvgIpc) is 3.34. The molecule has 2 atom stereocenters. The molecule has 0 spiro atoms. The Balaban J connectivity index is 1.31. The van der Waals surface area contributed by atoms with E-state index < -0.39 is 23.2 Å². The van der Waals surface area contributed by atoms with Gasteiger partial charge >= 0.3 is 6.18 Å². The van der Waals surface area contributed by atoms with E-state index >= 15 is 0 Å². The molecular weight excluding hydrogens is 423 g/mol. The van der Waals surface area contributed by atoms with Gasteiger partial charge in [0.25, 0.3) is 5.91 Å². The van der Waals surface area contributed by atoms with E-state index in [1.165, 1.54) is 12.1 Å². The third-order valence-electron chi connectivity index (χ3n) is 7.29. The van der Waals surface area contributed by atoms with Crippen molar-refractivity contribution in [2.75, 3.05) is 19.6 Å². The largest absolute Gasteiger partial charge is 0.416 e. The van der Waals surface area contributed by atoms with Crippen molar-refractivity contribution in [3.63, 3.8) is 0 Å². The molecule has 2 unspecified atom stereocenters. The van der Waals surface area contributed by atoms with E-state index in [4.69, 9.17) is 0 Å². The molecule has 1 aromatic rings. The summed E-state index contributed by atoms with van der Waals surface area (Å²) in [4.78, 5) is 29.4. The van der Waals surface area contributed by atoms with Crippen molar-refractivity contribution in [3.8, 4) is 0 Å². The minimum absolute atomic E-state index is 0.107. The predicted octanol–water partition coefficient (Wildman–Crippen LogP) is 2.80. The van der Waals surface area contributed by atoms with Crippen molar-refractivity contribution in [3.05, 3.63) is 35.4 Å². The van der Waals surface area contributed by atoms with Gasteiger partial charge in [-0.05, 0) is 63.6 Å². The maximum Gasteiger partial charge on any atom is 0.416 e. The van der Waals surface area contributed by atoms with Gasteiger partial charge in [0.1, 0.15) is 0 Å². The normalized spacial score (nSPS) is 30.9.